The molecule has 1 aromatic carbocycles. The van der Waals surface area contributed by atoms with Gasteiger partial charge >= 0.3 is 0 Å². The second kappa shape index (κ2) is 6.52. The molecule has 1 heterocycles. The minimum Gasteiger partial charge on any atom is -0.385 e. The number of piperidine rings is 1. The molecule has 2 N–H and O–H groups in total. The van der Waals surface area contributed by atoms with Crippen LogP contribution in [0.25, 0.3) is 0 Å². The molecule has 5 heteroatoms. The number of nitrogens with one attached hydrogen (secondary N) is 2. The van der Waals surface area contributed by atoms with Crippen LogP contribution in [0.5, 0.6) is 0 Å². The number of nitro groups is 1. The number of non-ortho nitro benzene ring substituents is 1. The highest BCUT2D eigenvalue weighted by atomic mass is 16.6. The molecular weight excluding hydrogens is 242 g/mol. The van der Waals surface area contributed by atoms with E-state index < -0.39 is 0 Å². The fourth-order valence-corrected chi connectivity index (χ4v) is 2.50. The molecule has 0 spiro atoms. The van der Waals surface area contributed by atoms with Gasteiger partial charge in [0.2, 0.25) is 0 Å². The second-order valence-corrected chi connectivity index (χ2v) is 5.18. The molecule has 5 nitrogen and oxygen atoms in total. The molecule has 1 aliphatic heterocycles. The highest BCUT2D eigenvalue weighted by Crippen LogP contribution is 2.22. The van der Waals surface area contributed by atoms with Gasteiger partial charge in [-0.1, -0.05) is 6.07 Å². The van der Waals surface area contributed by atoms with Crippen molar-refractivity contribution in [3.05, 3.63) is 33.9 Å². The summed E-state index contributed by atoms with van der Waals surface area (Å²) in [5.74, 6) is 0.722. The van der Waals surface area contributed by atoms with Crippen molar-refractivity contribution < 1.29 is 4.92 Å². The van der Waals surface area contributed by atoms with Gasteiger partial charge in [-0.2, -0.15) is 0 Å². The lowest BCUT2D eigenvalue weighted by Gasteiger charge is -2.23. The molecule has 0 aliphatic carbocycles. The molecular formula is C14H21N3O2. The van der Waals surface area contributed by atoms with Gasteiger partial charge in [0.1, 0.15) is 0 Å². The van der Waals surface area contributed by atoms with Crippen LogP contribution in [0.3, 0.4) is 0 Å². The van der Waals surface area contributed by atoms with Gasteiger partial charge in [-0.25, -0.2) is 0 Å². The number of nitrogens with zero attached hydrogens (tertiary/aromatic N) is 1. The van der Waals surface area contributed by atoms with Crippen LogP contribution in [-0.4, -0.2) is 24.6 Å². The first-order valence-corrected chi connectivity index (χ1v) is 6.86. The minimum absolute atomic E-state index is 0.146. The predicted octanol–water partition coefficient (Wildman–Crippen LogP) is 2.70. The number of anilines is 1. The molecule has 0 bridgehead atoms. The van der Waals surface area contributed by atoms with Crippen LogP contribution in [0.4, 0.5) is 11.4 Å². The van der Waals surface area contributed by atoms with E-state index >= 15 is 0 Å². The van der Waals surface area contributed by atoms with Crippen molar-refractivity contribution >= 4 is 11.4 Å². The van der Waals surface area contributed by atoms with Gasteiger partial charge < -0.3 is 10.6 Å². The van der Waals surface area contributed by atoms with Crippen LogP contribution in [0.15, 0.2) is 18.2 Å². The third-order valence-corrected chi connectivity index (χ3v) is 3.70. The Bertz CT molecular complexity index is 442. The largest absolute Gasteiger partial charge is 0.385 e. The molecule has 1 atom stereocenters. The molecule has 1 saturated heterocycles. The van der Waals surface area contributed by atoms with E-state index in [1.165, 1.54) is 12.8 Å². The quantitative estimate of drug-likeness (QED) is 0.633. The standard InChI is InChI=1S/C14H21N3O2/c1-11-4-5-13(17(18)19)9-14(11)16-8-6-12-3-2-7-15-10-12/h4-5,9,12,15-16H,2-3,6-8,10H2,1H3. The van der Waals surface area contributed by atoms with Gasteiger partial charge in [0.15, 0.2) is 0 Å². The Morgan fingerprint density at radius 2 is 2.37 bits per heavy atom. The van der Waals surface area contributed by atoms with E-state index in [0.29, 0.717) is 0 Å². The van der Waals surface area contributed by atoms with E-state index in [0.717, 1.165) is 43.2 Å². The Morgan fingerprint density at radius 1 is 1.53 bits per heavy atom. The van der Waals surface area contributed by atoms with Gasteiger partial charge in [-0.15, -0.1) is 0 Å². The summed E-state index contributed by atoms with van der Waals surface area (Å²) in [6.45, 7) is 5.06. The molecule has 0 radical (unpaired) electrons. The summed E-state index contributed by atoms with van der Waals surface area (Å²) >= 11 is 0. The smallest absolute Gasteiger partial charge is 0.271 e. The lowest BCUT2D eigenvalue weighted by atomic mass is 9.96. The first kappa shape index (κ1) is 13.8. The molecule has 104 valence electrons. The normalized spacial score (nSPS) is 19.1. The Kier molecular flexibility index (Phi) is 4.74. The molecule has 2 rings (SSSR count). The number of hydrogen-bond donors (Lipinski definition) is 2. The SMILES string of the molecule is Cc1ccc([N+](=O)[O-])cc1NCCC1CCCNC1. The average Bonchev–Trinajstić information content (AvgIpc) is 2.42. The lowest BCUT2D eigenvalue weighted by Crippen LogP contribution is -2.30. The van der Waals surface area contributed by atoms with Crippen molar-refractivity contribution in [1.29, 1.82) is 0 Å². The maximum absolute atomic E-state index is 10.8. The monoisotopic (exact) mass is 263 g/mol. The van der Waals surface area contributed by atoms with Crippen LogP contribution in [-0.2, 0) is 0 Å². The van der Waals surface area contributed by atoms with Crippen molar-refractivity contribution in [2.45, 2.75) is 26.2 Å². The second-order valence-electron chi connectivity index (χ2n) is 5.18. The summed E-state index contributed by atoms with van der Waals surface area (Å²) in [5, 5.41) is 17.5. The third kappa shape index (κ3) is 3.92. The topological polar surface area (TPSA) is 67.2 Å². The van der Waals surface area contributed by atoms with E-state index in [1.807, 2.05) is 6.92 Å². The maximum Gasteiger partial charge on any atom is 0.271 e. The van der Waals surface area contributed by atoms with Gasteiger partial charge in [-0.05, 0) is 50.8 Å². The van der Waals surface area contributed by atoms with E-state index in [9.17, 15) is 10.1 Å². The predicted molar refractivity (Wildman–Crippen MR) is 76.5 cm³/mol. The van der Waals surface area contributed by atoms with Crippen molar-refractivity contribution in [3.63, 3.8) is 0 Å². The first-order chi connectivity index (χ1) is 9.16. The Hall–Kier alpha value is -1.62. The Morgan fingerprint density at radius 3 is 3.05 bits per heavy atom. The molecule has 0 saturated carbocycles. The zero-order valence-electron chi connectivity index (χ0n) is 11.3. The Balaban J connectivity index is 1.87. The summed E-state index contributed by atoms with van der Waals surface area (Å²) in [7, 11) is 0. The molecule has 1 aliphatic rings. The molecule has 1 fully saturated rings. The van der Waals surface area contributed by atoms with Crippen molar-refractivity contribution in [1.82, 2.24) is 5.32 Å². The van der Waals surface area contributed by atoms with Gasteiger partial charge in [0.25, 0.3) is 5.69 Å². The molecule has 1 unspecified atom stereocenters. The van der Waals surface area contributed by atoms with E-state index in [1.54, 1.807) is 18.2 Å². The van der Waals surface area contributed by atoms with Crippen molar-refractivity contribution in [3.8, 4) is 0 Å². The first-order valence-electron chi connectivity index (χ1n) is 6.86. The number of hydrogen-bond acceptors (Lipinski definition) is 4. The van der Waals surface area contributed by atoms with Gasteiger partial charge in [-0.3, -0.25) is 10.1 Å². The summed E-state index contributed by atoms with van der Waals surface area (Å²) in [4.78, 5) is 10.4. The summed E-state index contributed by atoms with van der Waals surface area (Å²) in [6.07, 6.45) is 3.64. The summed E-state index contributed by atoms with van der Waals surface area (Å²) in [5.41, 5.74) is 2.07. The van der Waals surface area contributed by atoms with Crippen LogP contribution >= 0.6 is 0 Å². The average molecular weight is 263 g/mol. The fourth-order valence-electron chi connectivity index (χ4n) is 2.50. The van der Waals surface area contributed by atoms with E-state index in [-0.39, 0.29) is 10.6 Å². The fraction of sp³-hybridized carbons (Fsp3) is 0.571. The third-order valence-electron chi connectivity index (χ3n) is 3.70. The number of benzene rings is 1. The number of aryl methyl sites for hydroxylation is 1. The van der Waals surface area contributed by atoms with Crippen LogP contribution < -0.4 is 10.6 Å². The van der Waals surface area contributed by atoms with Crippen molar-refractivity contribution in [2.75, 3.05) is 25.0 Å². The summed E-state index contributed by atoms with van der Waals surface area (Å²) in [6, 6.07) is 4.96. The lowest BCUT2D eigenvalue weighted by molar-refractivity contribution is -0.384. The molecule has 0 aromatic heterocycles. The van der Waals surface area contributed by atoms with Crippen LogP contribution in [0.1, 0.15) is 24.8 Å². The highest BCUT2D eigenvalue weighted by Gasteiger charge is 2.13. The molecule has 19 heavy (non-hydrogen) atoms. The van der Waals surface area contributed by atoms with Crippen molar-refractivity contribution in [2.24, 2.45) is 5.92 Å². The van der Waals surface area contributed by atoms with E-state index in [2.05, 4.69) is 10.6 Å². The number of rotatable bonds is 5. The van der Waals surface area contributed by atoms with Gasteiger partial charge in [0.05, 0.1) is 4.92 Å². The van der Waals surface area contributed by atoms with Gasteiger partial charge in [0, 0.05) is 24.4 Å². The highest BCUT2D eigenvalue weighted by molar-refractivity contribution is 5.56. The zero-order valence-corrected chi connectivity index (χ0v) is 11.3. The molecule has 1 aromatic rings. The molecule has 0 amide bonds. The van der Waals surface area contributed by atoms with E-state index in [4.69, 9.17) is 0 Å². The minimum atomic E-state index is -0.352. The number of nitro benzene ring substituents is 1. The maximum atomic E-state index is 10.8. The Labute approximate surface area is 113 Å². The summed E-state index contributed by atoms with van der Waals surface area (Å²) < 4.78 is 0. The van der Waals surface area contributed by atoms with Crippen LogP contribution in [0, 0.1) is 23.0 Å². The van der Waals surface area contributed by atoms with Crippen LogP contribution in [0.2, 0.25) is 0 Å². The zero-order chi connectivity index (χ0) is 13.7.